The summed E-state index contributed by atoms with van der Waals surface area (Å²) in [5.41, 5.74) is 0. The first-order valence-corrected chi connectivity index (χ1v) is 6.41. The summed E-state index contributed by atoms with van der Waals surface area (Å²) in [5, 5.41) is 2.68. The molecular formula is CH7KNOP3. The zero-order valence-electron chi connectivity index (χ0n) is 3.14. The molecule has 0 heterocycles. The molecule has 0 aromatic carbocycles. The zero-order valence-corrected chi connectivity index (χ0v) is 6.29. The Morgan fingerprint density at radius 2 is 2.29 bits per heavy atom. The van der Waals surface area contributed by atoms with Gasteiger partial charge in [0.15, 0.2) is 0 Å². The fourth-order valence-electron chi connectivity index (χ4n) is 0.0779. The minimum atomic E-state index is 0. The summed E-state index contributed by atoms with van der Waals surface area (Å²) in [6.07, 6.45) is 0.502. The van der Waals surface area contributed by atoms with Gasteiger partial charge in [-0.1, -0.05) is 21.4 Å². The summed E-state index contributed by atoms with van der Waals surface area (Å²) >= 11 is 0. The van der Waals surface area contributed by atoms with Crippen LogP contribution in [0.15, 0.2) is 5.18 Å². The van der Waals surface area contributed by atoms with Gasteiger partial charge in [0.25, 0.3) is 0 Å². The van der Waals surface area contributed by atoms with Gasteiger partial charge >= 0.3 is 51.4 Å². The van der Waals surface area contributed by atoms with Crippen molar-refractivity contribution in [1.29, 1.82) is 0 Å². The third-order valence-electron chi connectivity index (χ3n) is 0.246. The fraction of sp³-hybridized carbons (Fsp3) is 1.00. The predicted octanol–water partition coefficient (Wildman–Crippen LogP) is 1.12. The first-order chi connectivity index (χ1) is 2.91. The van der Waals surface area contributed by atoms with Crippen molar-refractivity contribution in [2.75, 3.05) is 6.29 Å². The molecule has 0 amide bonds. The van der Waals surface area contributed by atoms with Crippen LogP contribution >= 0.6 is 25.2 Å². The molecule has 0 bridgehead atoms. The summed E-state index contributed by atoms with van der Waals surface area (Å²) in [6, 6.07) is 0. The molecule has 0 aliphatic heterocycles. The third-order valence-corrected chi connectivity index (χ3v) is 3.66. The average Bonchev–Trinajstić information content (AvgIpc) is 1.61. The summed E-state index contributed by atoms with van der Waals surface area (Å²) in [6.45, 7) is 0. The Morgan fingerprint density at radius 3 is 2.43 bits per heavy atom. The van der Waals surface area contributed by atoms with Crippen LogP contribution in [0.5, 0.6) is 0 Å². The van der Waals surface area contributed by atoms with Crippen LogP contribution < -0.4 is 0 Å². The second kappa shape index (κ2) is 11.3. The second-order valence-corrected chi connectivity index (χ2v) is 6.09. The summed E-state index contributed by atoms with van der Waals surface area (Å²) in [5.74, 6) is 0. The van der Waals surface area contributed by atoms with Crippen LogP contribution in [0.1, 0.15) is 0 Å². The van der Waals surface area contributed by atoms with E-state index in [2.05, 4.69) is 14.1 Å². The number of hydrogen-bond donors (Lipinski definition) is 0. The Hall–Kier alpha value is 2.53. The van der Waals surface area contributed by atoms with E-state index in [4.69, 9.17) is 0 Å². The van der Waals surface area contributed by atoms with Crippen molar-refractivity contribution in [1.82, 2.24) is 0 Å². The fourth-order valence-corrected chi connectivity index (χ4v) is 1.52. The van der Waals surface area contributed by atoms with Crippen molar-refractivity contribution >= 4 is 76.5 Å². The van der Waals surface area contributed by atoms with Crippen LogP contribution in [-0.4, -0.2) is 57.7 Å². The molecule has 0 radical (unpaired) electrons. The molecule has 0 spiro atoms. The van der Waals surface area contributed by atoms with Crippen molar-refractivity contribution in [3.63, 3.8) is 0 Å². The van der Waals surface area contributed by atoms with Gasteiger partial charge in [-0.3, -0.25) is 0 Å². The van der Waals surface area contributed by atoms with Gasteiger partial charge in [-0.05, 0) is 0 Å². The maximum atomic E-state index is 9.32. The summed E-state index contributed by atoms with van der Waals surface area (Å²) < 4.78 is 0. The molecule has 0 saturated carbocycles. The topological polar surface area (TPSA) is 29.4 Å². The number of nitroso groups, excluding NO2 is 1. The van der Waals surface area contributed by atoms with E-state index in [1.54, 1.807) is 0 Å². The zero-order chi connectivity index (χ0) is 4.83. The quantitative estimate of drug-likeness (QED) is 0.277. The molecule has 0 aromatic heterocycles. The Kier molecular flexibility index (Phi) is 19.8. The number of rotatable bonds is 3. The second-order valence-electron chi connectivity index (χ2n) is 0.608. The Balaban J connectivity index is 0. The number of nitrogens with zero attached hydrogens (tertiary/aromatic N) is 1. The van der Waals surface area contributed by atoms with Crippen LogP contribution in [0.4, 0.5) is 0 Å². The maximum absolute atomic E-state index is 9.32. The van der Waals surface area contributed by atoms with Gasteiger partial charge < -0.3 is 0 Å². The monoisotopic (exact) mass is 181 g/mol. The average molecular weight is 181 g/mol. The van der Waals surface area contributed by atoms with Crippen molar-refractivity contribution in [3.05, 3.63) is 4.91 Å². The first kappa shape index (κ1) is 12.2. The van der Waals surface area contributed by atoms with E-state index in [1.165, 1.54) is 0 Å². The molecule has 0 saturated heterocycles. The van der Waals surface area contributed by atoms with Crippen LogP contribution in [0, 0.1) is 4.91 Å². The summed E-state index contributed by atoms with van der Waals surface area (Å²) in [4.78, 5) is 9.32. The minimum absolute atomic E-state index is 0. The van der Waals surface area contributed by atoms with Gasteiger partial charge in [0, 0.05) is 0 Å². The van der Waals surface area contributed by atoms with Gasteiger partial charge in [0.2, 0.25) is 0 Å². The number of hydrogen-bond acceptors (Lipinski definition) is 2. The molecule has 0 N–H and O–H groups in total. The van der Waals surface area contributed by atoms with Crippen molar-refractivity contribution in [2.24, 2.45) is 5.18 Å². The van der Waals surface area contributed by atoms with Crippen LogP contribution in [0.2, 0.25) is 0 Å². The third kappa shape index (κ3) is 11.9. The first-order valence-electron chi connectivity index (χ1n) is 1.39. The Morgan fingerprint density at radius 1 is 1.71 bits per heavy atom. The normalized spacial score (nSPS) is 10.4. The molecule has 0 aromatic rings. The van der Waals surface area contributed by atoms with E-state index < -0.39 is 0 Å². The van der Waals surface area contributed by atoms with Gasteiger partial charge in [-0.25, -0.2) is 0 Å². The molecular weight excluding hydrogens is 174 g/mol. The molecule has 0 rings (SSSR count). The van der Waals surface area contributed by atoms with Gasteiger partial charge in [0.05, 0.1) is 0 Å². The standard InChI is InChI=1S/CH6NOP3.K.H/c3-2-1-5-6-4;;/h5-6H,1,4H2;;. The molecule has 0 fully saturated rings. The van der Waals surface area contributed by atoms with Gasteiger partial charge in [-0.15, -0.1) is 8.93 Å². The van der Waals surface area contributed by atoms with E-state index in [0.717, 1.165) is 16.2 Å². The Bertz CT molecular complexity index is 43.9. The molecule has 3 atom stereocenters. The molecule has 7 heavy (non-hydrogen) atoms. The van der Waals surface area contributed by atoms with Crippen LogP contribution in [0.25, 0.3) is 0 Å². The SMILES string of the molecule is O=NCPPP.[KH]. The van der Waals surface area contributed by atoms with E-state index in [0.29, 0.717) is 6.29 Å². The molecule has 0 aliphatic rings. The molecule has 3 unspecified atom stereocenters. The van der Waals surface area contributed by atoms with Crippen LogP contribution in [0.3, 0.4) is 0 Å². The van der Waals surface area contributed by atoms with Crippen molar-refractivity contribution in [3.8, 4) is 0 Å². The van der Waals surface area contributed by atoms with E-state index in [-0.39, 0.29) is 51.4 Å². The molecule has 6 heteroatoms. The van der Waals surface area contributed by atoms with Crippen molar-refractivity contribution in [2.45, 2.75) is 0 Å². The van der Waals surface area contributed by atoms with E-state index >= 15 is 0 Å². The van der Waals surface area contributed by atoms with E-state index in [1.807, 2.05) is 0 Å². The molecule has 2 nitrogen and oxygen atoms in total. The van der Waals surface area contributed by atoms with Gasteiger partial charge in [0.1, 0.15) is 6.29 Å². The Labute approximate surface area is 91.3 Å². The van der Waals surface area contributed by atoms with Gasteiger partial charge in [-0.2, -0.15) is 4.91 Å². The van der Waals surface area contributed by atoms with Crippen LogP contribution in [-0.2, 0) is 0 Å². The molecule has 38 valence electrons. The van der Waals surface area contributed by atoms with Crippen molar-refractivity contribution < 1.29 is 0 Å². The summed E-state index contributed by atoms with van der Waals surface area (Å²) in [7, 11) is 4.11. The predicted molar refractivity (Wildman–Crippen MR) is 44.2 cm³/mol. The molecule has 0 aliphatic carbocycles. The van der Waals surface area contributed by atoms with E-state index in [9.17, 15) is 4.91 Å².